The molecule has 0 N–H and O–H groups in total. The van der Waals surface area contributed by atoms with Gasteiger partial charge in [-0.3, -0.25) is 0 Å². The normalized spacial score (nSPS) is 18.0. The Bertz CT molecular complexity index is 348. The minimum absolute atomic E-state index is 0.0121. The van der Waals surface area contributed by atoms with Gasteiger partial charge in [-0.25, -0.2) is 4.39 Å². The summed E-state index contributed by atoms with van der Waals surface area (Å²) < 4.78 is 14.0. The van der Waals surface area contributed by atoms with Crippen molar-refractivity contribution in [3.8, 4) is 0 Å². The van der Waals surface area contributed by atoms with E-state index < -0.39 is 0 Å². The Balaban J connectivity index is 2.21. The number of rotatable bonds is 2. The quantitative estimate of drug-likeness (QED) is 0.658. The summed E-state index contributed by atoms with van der Waals surface area (Å²) in [6.45, 7) is 4.21. The maximum atomic E-state index is 14.0. The fraction of sp³-hybridized carbons (Fsp3) is 0.600. The minimum Gasteiger partial charge on any atom is -0.207 e. The van der Waals surface area contributed by atoms with Gasteiger partial charge in [0.1, 0.15) is 5.82 Å². The number of hydrogen-bond donors (Lipinski definition) is 0. The van der Waals surface area contributed by atoms with Crippen LogP contribution in [-0.4, -0.2) is 0 Å². The summed E-state index contributed by atoms with van der Waals surface area (Å²) in [5.41, 5.74) is 2.06. The molecule has 1 fully saturated rings. The monoisotopic (exact) mass is 220 g/mol. The maximum absolute atomic E-state index is 14.0. The van der Waals surface area contributed by atoms with Crippen molar-refractivity contribution >= 4 is 0 Å². The lowest BCUT2D eigenvalue weighted by Gasteiger charge is -2.23. The standard InChI is InChI=1S/C15H21F/c1-11(2)13-8-9-14(15(16)10-13)12-6-4-3-5-7-12/h8-12H,3-7H2,1-2H3. The molecule has 0 heterocycles. The Morgan fingerprint density at radius 2 is 1.81 bits per heavy atom. The molecular formula is C15H21F. The zero-order valence-electron chi connectivity index (χ0n) is 10.3. The Morgan fingerprint density at radius 1 is 1.12 bits per heavy atom. The predicted molar refractivity (Wildman–Crippen MR) is 66.3 cm³/mol. The van der Waals surface area contributed by atoms with Crippen molar-refractivity contribution in [3.05, 3.63) is 35.1 Å². The van der Waals surface area contributed by atoms with Crippen LogP contribution in [-0.2, 0) is 0 Å². The molecule has 0 spiro atoms. The van der Waals surface area contributed by atoms with Gasteiger partial charge >= 0.3 is 0 Å². The van der Waals surface area contributed by atoms with E-state index in [2.05, 4.69) is 19.9 Å². The fourth-order valence-electron chi connectivity index (χ4n) is 2.65. The Labute approximate surface area is 97.9 Å². The molecule has 0 bridgehead atoms. The Hall–Kier alpha value is -0.850. The van der Waals surface area contributed by atoms with Crippen LogP contribution < -0.4 is 0 Å². The molecule has 1 heteroatoms. The molecule has 0 aromatic heterocycles. The maximum Gasteiger partial charge on any atom is 0.126 e. The van der Waals surface area contributed by atoms with Crippen molar-refractivity contribution in [2.24, 2.45) is 0 Å². The van der Waals surface area contributed by atoms with E-state index in [4.69, 9.17) is 0 Å². The first-order chi connectivity index (χ1) is 7.68. The summed E-state index contributed by atoms with van der Waals surface area (Å²) in [6, 6.07) is 5.84. The second-order valence-electron chi connectivity index (χ2n) is 5.27. The zero-order valence-corrected chi connectivity index (χ0v) is 10.3. The third-order valence-electron chi connectivity index (χ3n) is 3.74. The molecule has 16 heavy (non-hydrogen) atoms. The average molecular weight is 220 g/mol. The molecule has 0 amide bonds. The number of benzene rings is 1. The highest BCUT2D eigenvalue weighted by Gasteiger charge is 2.19. The van der Waals surface area contributed by atoms with Gasteiger partial charge in [-0.15, -0.1) is 0 Å². The van der Waals surface area contributed by atoms with E-state index in [0.717, 1.165) is 24.0 Å². The van der Waals surface area contributed by atoms with Crippen molar-refractivity contribution in [2.45, 2.75) is 57.8 Å². The van der Waals surface area contributed by atoms with E-state index in [1.54, 1.807) is 6.07 Å². The number of halogens is 1. The lowest BCUT2D eigenvalue weighted by molar-refractivity contribution is 0.429. The summed E-state index contributed by atoms with van der Waals surface area (Å²) in [4.78, 5) is 0. The minimum atomic E-state index is 0.0121. The van der Waals surface area contributed by atoms with Crippen LogP contribution >= 0.6 is 0 Å². The van der Waals surface area contributed by atoms with Crippen LogP contribution in [0.2, 0.25) is 0 Å². The van der Waals surface area contributed by atoms with Gasteiger partial charge in [0.05, 0.1) is 0 Å². The molecule has 1 aromatic rings. The topological polar surface area (TPSA) is 0 Å². The highest BCUT2D eigenvalue weighted by molar-refractivity contribution is 5.29. The molecular weight excluding hydrogens is 199 g/mol. The van der Waals surface area contributed by atoms with Crippen LogP contribution in [0.4, 0.5) is 4.39 Å². The molecule has 88 valence electrons. The van der Waals surface area contributed by atoms with Crippen LogP contribution in [0.15, 0.2) is 18.2 Å². The first-order valence-corrected chi connectivity index (χ1v) is 6.48. The lowest BCUT2D eigenvalue weighted by Crippen LogP contribution is -2.07. The average Bonchev–Trinajstić information content (AvgIpc) is 2.30. The van der Waals surface area contributed by atoms with E-state index in [1.165, 1.54) is 19.3 Å². The van der Waals surface area contributed by atoms with Gasteiger partial charge in [0.15, 0.2) is 0 Å². The van der Waals surface area contributed by atoms with Crippen molar-refractivity contribution in [2.75, 3.05) is 0 Å². The predicted octanol–water partition coefficient (Wildman–Crippen LogP) is 5.00. The molecule has 1 aliphatic rings. The number of hydrogen-bond acceptors (Lipinski definition) is 0. The van der Waals surface area contributed by atoms with E-state index >= 15 is 0 Å². The molecule has 1 saturated carbocycles. The van der Waals surface area contributed by atoms with Gasteiger partial charge in [0.25, 0.3) is 0 Å². The smallest absolute Gasteiger partial charge is 0.126 e. The molecule has 2 rings (SSSR count). The molecule has 0 saturated heterocycles. The summed E-state index contributed by atoms with van der Waals surface area (Å²) in [6.07, 6.45) is 6.17. The molecule has 0 unspecified atom stereocenters. The van der Waals surface area contributed by atoms with Crippen molar-refractivity contribution in [1.29, 1.82) is 0 Å². The van der Waals surface area contributed by atoms with Gasteiger partial charge in [0, 0.05) is 0 Å². The van der Waals surface area contributed by atoms with Gasteiger partial charge in [0.2, 0.25) is 0 Å². The zero-order chi connectivity index (χ0) is 11.5. The summed E-state index contributed by atoms with van der Waals surface area (Å²) in [7, 11) is 0. The summed E-state index contributed by atoms with van der Waals surface area (Å²) >= 11 is 0. The van der Waals surface area contributed by atoms with E-state index in [1.807, 2.05) is 6.07 Å². The second kappa shape index (κ2) is 4.99. The third-order valence-corrected chi connectivity index (χ3v) is 3.74. The molecule has 0 atom stereocenters. The van der Waals surface area contributed by atoms with Crippen molar-refractivity contribution < 1.29 is 4.39 Å². The van der Waals surface area contributed by atoms with E-state index in [0.29, 0.717) is 11.8 Å². The molecule has 0 nitrogen and oxygen atoms in total. The van der Waals surface area contributed by atoms with Gasteiger partial charge in [-0.05, 0) is 41.9 Å². The highest BCUT2D eigenvalue weighted by Crippen LogP contribution is 2.34. The first-order valence-electron chi connectivity index (χ1n) is 6.48. The van der Waals surface area contributed by atoms with E-state index in [9.17, 15) is 4.39 Å². The van der Waals surface area contributed by atoms with Gasteiger partial charge in [-0.1, -0.05) is 45.2 Å². The molecule has 1 aliphatic carbocycles. The highest BCUT2D eigenvalue weighted by atomic mass is 19.1. The Kier molecular flexibility index (Phi) is 3.63. The van der Waals surface area contributed by atoms with E-state index in [-0.39, 0.29) is 5.82 Å². The molecule has 0 radical (unpaired) electrons. The summed E-state index contributed by atoms with van der Waals surface area (Å²) in [5.74, 6) is 0.892. The van der Waals surface area contributed by atoms with Crippen LogP contribution in [0.5, 0.6) is 0 Å². The third kappa shape index (κ3) is 2.45. The van der Waals surface area contributed by atoms with Gasteiger partial charge < -0.3 is 0 Å². The van der Waals surface area contributed by atoms with Crippen molar-refractivity contribution in [1.82, 2.24) is 0 Å². The first kappa shape index (κ1) is 11.6. The van der Waals surface area contributed by atoms with Crippen molar-refractivity contribution in [3.63, 3.8) is 0 Å². The molecule has 1 aromatic carbocycles. The SMILES string of the molecule is CC(C)c1ccc(C2CCCCC2)c(F)c1. The second-order valence-corrected chi connectivity index (χ2v) is 5.27. The lowest BCUT2D eigenvalue weighted by atomic mass is 9.83. The Morgan fingerprint density at radius 3 is 2.38 bits per heavy atom. The van der Waals surface area contributed by atoms with Crippen LogP contribution in [0, 0.1) is 5.82 Å². The fourth-order valence-corrected chi connectivity index (χ4v) is 2.65. The van der Waals surface area contributed by atoms with Crippen LogP contribution in [0.1, 0.15) is 68.9 Å². The molecule has 0 aliphatic heterocycles. The largest absolute Gasteiger partial charge is 0.207 e. The summed E-state index contributed by atoms with van der Waals surface area (Å²) in [5, 5.41) is 0. The van der Waals surface area contributed by atoms with Crippen LogP contribution in [0.3, 0.4) is 0 Å². The van der Waals surface area contributed by atoms with Gasteiger partial charge in [-0.2, -0.15) is 0 Å². The van der Waals surface area contributed by atoms with Crippen LogP contribution in [0.25, 0.3) is 0 Å².